The summed E-state index contributed by atoms with van der Waals surface area (Å²) in [5.74, 6) is 0. The molecule has 100 valence electrons. The van der Waals surface area contributed by atoms with Crippen LogP contribution in [0.15, 0.2) is 46.9 Å². The normalized spacial score (nSPS) is 12.4. The summed E-state index contributed by atoms with van der Waals surface area (Å²) in [6, 6.07) is 13.9. The van der Waals surface area contributed by atoms with Crippen LogP contribution in [0.5, 0.6) is 0 Å². The Balaban J connectivity index is 2.02. The fourth-order valence-electron chi connectivity index (χ4n) is 1.81. The quantitative estimate of drug-likeness (QED) is 0.749. The minimum Gasteiger partial charge on any atom is -0.306 e. The first-order chi connectivity index (χ1) is 9.06. The lowest BCUT2D eigenvalue weighted by atomic mass is 10.1. The Morgan fingerprint density at radius 3 is 2.37 bits per heavy atom. The van der Waals surface area contributed by atoms with Crippen molar-refractivity contribution in [3.8, 4) is 0 Å². The molecule has 0 fully saturated rings. The molecule has 0 aliphatic rings. The summed E-state index contributed by atoms with van der Waals surface area (Å²) in [5, 5.41) is 4.98. The zero-order chi connectivity index (χ0) is 13.8. The molecule has 0 heterocycles. The lowest BCUT2D eigenvalue weighted by Gasteiger charge is -2.15. The highest BCUT2D eigenvalue weighted by atomic mass is 79.9. The van der Waals surface area contributed by atoms with Gasteiger partial charge in [-0.25, -0.2) is 0 Å². The van der Waals surface area contributed by atoms with Gasteiger partial charge in [-0.2, -0.15) is 0 Å². The second kappa shape index (κ2) is 6.76. The van der Waals surface area contributed by atoms with Crippen LogP contribution < -0.4 is 5.32 Å². The Hall–Kier alpha value is -0.540. The Bertz CT molecular complexity index is 555. The lowest BCUT2D eigenvalue weighted by molar-refractivity contribution is 0.574. The SMILES string of the molecule is CC(NCc1cc(Cl)ccc1Br)c1ccc(Cl)cc1. The summed E-state index contributed by atoms with van der Waals surface area (Å²) < 4.78 is 1.06. The highest BCUT2D eigenvalue weighted by molar-refractivity contribution is 9.10. The molecule has 0 bridgehead atoms. The number of halogens is 3. The molecule has 0 aliphatic heterocycles. The largest absolute Gasteiger partial charge is 0.306 e. The van der Waals surface area contributed by atoms with Crippen molar-refractivity contribution in [1.29, 1.82) is 0 Å². The Morgan fingerprint density at radius 1 is 1.05 bits per heavy atom. The molecule has 0 aliphatic carbocycles. The van der Waals surface area contributed by atoms with Crippen LogP contribution >= 0.6 is 39.1 Å². The van der Waals surface area contributed by atoms with E-state index in [4.69, 9.17) is 23.2 Å². The smallest absolute Gasteiger partial charge is 0.0410 e. The van der Waals surface area contributed by atoms with E-state index in [2.05, 4.69) is 28.2 Å². The topological polar surface area (TPSA) is 12.0 Å². The third kappa shape index (κ3) is 4.22. The molecule has 0 radical (unpaired) electrons. The van der Waals surface area contributed by atoms with E-state index >= 15 is 0 Å². The van der Waals surface area contributed by atoms with Gasteiger partial charge in [0.25, 0.3) is 0 Å². The number of hydrogen-bond acceptors (Lipinski definition) is 1. The van der Waals surface area contributed by atoms with Crippen LogP contribution in [0.3, 0.4) is 0 Å². The molecule has 0 amide bonds. The van der Waals surface area contributed by atoms with E-state index < -0.39 is 0 Å². The van der Waals surface area contributed by atoms with Crippen molar-refractivity contribution in [1.82, 2.24) is 5.32 Å². The van der Waals surface area contributed by atoms with Crippen LogP contribution in [0.4, 0.5) is 0 Å². The maximum atomic E-state index is 6.00. The van der Waals surface area contributed by atoms with Crippen LogP contribution in [-0.4, -0.2) is 0 Å². The van der Waals surface area contributed by atoms with Crippen molar-refractivity contribution in [2.75, 3.05) is 0 Å². The van der Waals surface area contributed by atoms with Gasteiger partial charge in [0.1, 0.15) is 0 Å². The summed E-state index contributed by atoms with van der Waals surface area (Å²) in [7, 11) is 0. The minimum absolute atomic E-state index is 0.253. The van der Waals surface area contributed by atoms with Crippen molar-refractivity contribution < 1.29 is 0 Å². The maximum Gasteiger partial charge on any atom is 0.0410 e. The van der Waals surface area contributed by atoms with Gasteiger partial charge in [0, 0.05) is 27.1 Å². The van der Waals surface area contributed by atoms with E-state index in [1.54, 1.807) is 0 Å². The molecule has 1 N–H and O–H groups in total. The fraction of sp³-hybridized carbons (Fsp3) is 0.200. The first-order valence-corrected chi connectivity index (χ1v) is 7.54. The summed E-state index contributed by atoms with van der Waals surface area (Å²) in [4.78, 5) is 0. The van der Waals surface area contributed by atoms with Gasteiger partial charge in [-0.1, -0.05) is 51.3 Å². The highest BCUT2D eigenvalue weighted by Gasteiger charge is 2.06. The average molecular weight is 359 g/mol. The molecule has 1 unspecified atom stereocenters. The molecule has 19 heavy (non-hydrogen) atoms. The third-order valence-electron chi connectivity index (χ3n) is 2.98. The van der Waals surface area contributed by atoms with E-state index in [0.29, 0.717) is 0 Å². The first-order valence-electron chi connectivity index (χ1n) is 5.99. The molecular formula is C15H14BrCl2N. The number of hydrogen-bond donors (Lipinski definition) is 1. The van der Waals surface area contributed by atoms with Gasteiger partial charge in [0.05, 0.1) is 0 Å². The van der Waals surface area contributed by atoms with E-state index in [9.17, 15) is 0 Å². The van der Waals surface area contributed by atoms with Gasteiger partial charge in [0.15, 0.2) is 0 Å². The second-order valence-electron chi connectivity index (χ2n) is 4.39. The Morgan fingerprint density at radius 2 is 1.68 bits per heavy atom. The van der Waals surface area contributed by atoms with Crippen LogP contribution in [-0.2, 0) is 6.54 Å². The molecule has 1 nitrogen and oxygen atoms in total. The fourth-order valence-corrected chi connectivity index (χ4v) is 2.52. The zero-order valence-corrected chi connectivity index (χ0v) is 13.6. The Kier molecular flexibility index (Phi) is 5.28. The van der Waals surface area contributed by atoms with Gasteiger partial charge in [-0.3, -0.25) is 0 Å². The molecule has 0 saturated heterocycles. The van der Waals surface area contributed by atoms with Gasteiger partial charge in [-0.05, 0) is 48.4 Å². The summed E-state index contributed by atoms with van der Waals surface area (Å²) in [6.45, 7) is 2.88. The van der Waals surface area contributed by atoms with Crippen LogP contribution in [0.1, 0.15) is 24.1 Å². The predicted octanol–water partition coefficient (Wildman–Crippen LogP) is 5.61. The molecule has 1 atom stereocenters. The first kappa shape index (κ1) is 14.9. The number of rotatable bonds is 4. The van der Waals surface area contributed by atoms with Gasteiger partial charge < -0.3 is 5.32 Å². The van der Waals surface area contributed by atoms with E-state index in [0.717, 1.165) is 26.6 Å². The van der Waals surface area contributed by atoms with Crippen LogP contribution in [0.25, 0.3) is 0 Å². The van der Waals surface area contributed by atoms with Gasteiger partial charge in [0.2, 0.25) is 0 Å². The molecule has 2 aromatic carbocycles. The summed E-state index contributed by atoms with van der Waals surface area (Å²) in [5.41, 5.74) is 2.36. The van der Waals surface area contributed by atoms with Crippen LogP contribution in [0.2, 0.25) is 10.0 Å². The molecule has 0 aromatic heterocycles. The molecule has 0 spiro atoms. The molecule has 0 saturated carbocycles. The summed E-state index contributed by atoms with van der Waals surface area (Å²) >= 11 is 15.4. The summed E-state index contributed by atoms with van der Waals surface area (Å²) in [6.07, 6.45) is 0. The van der Waals surface area contributed by atoms with Crippen LogP contribution in [0, 0.1) is 0 Å². The lowest BCUT2D eigenvalue weighted by Crippen LogP contribution is -2.18. The average Bonchev–Trinajstić information content (AvgIpc) is 2.40. The van der Waals surface area contributed by atoms with Crippen molar-refractivity contribution in [2.24, 2.45) is 0 Å². The monoisotopic (exact) mass is 357 g/mol. The molecule has 2 aromatic rings. The predicted molar refractivity (Wildman–Crippen MR) is 85.9 cm³/mol. The second-order valence-corrected chi connectivity index (χ2v) is 6.12. The molecule has 2 rings (SSSR count). The maximum absolute atomic E-state index is 6.00. The van der Waals surface area contributed by atoms with E-state index in [1.807, 2.05) is 42.5 Å². The standard InChI is InChI=1S/C15H14BrCl2N/c1-10(11-2-4-13(17)5-3-11)19-9-12-8-14(18)6-7-15(12)16/h2-8,10,19H,9H2,1H3. The number of benzene rings is 2. The molecular weight excluding hydrogens is 345 g/mol. The van der Waals surface area contributed by atoms with E-state index in [1.165, 1.54) is 5.56 Å². The zero-order valence-electron chi connectivity index (χ0n) is 10.5. The van der Waals surface area contributed by atoms with Gasteiger partial charge >= 0.3 is 0 Å². The van der Waals surface area contributed by atoms with Crippen molar-refractivity contribution in [3.05, 3.63) is 68.1 Å². The third-order valence-corrected chi connectivity index (χ3v) is 4.24. The van der Waals surface area contributed by atoms with Crippen molar-refractivity contribution >= 4 is 39.1 Å². The Labute approximate surface area is 132 Å². The van der Waals surface area contributed by atoms with E-state index in [-0.39, 0.29) is 6.04 Å². The molecule has 4 heteroatoms. The van der Waals surface area contributed by atoms with Crippen molar-refractivity contribution in [2.45, 2.75) is 19.5 Å². The van der Waals surface area contributed by atoms with Crippen molar-refractivity contribution in [3.63, 3.8) is 0 Å². The van der Waals surface area contributed by atoms with Gasteiger partial charge in [-0.15, -0.1) is 0 Å². The number of nitrogens with one attached hydrogen (secondary N) is 1. The minimum atomic E-state index is 0.253. The highest BCUT2D eigenvalue weighted by Crippen LogP contribution is 2.22.